The fourth-order valence-electron chi connectivity index (χ4n) is 4.26. The van der Waals surface area contributed by atoms with Crippen LogP contribution in [-0.4, -0.2) is 51.6 Å². The second-order valence-corrected chi connectivity index (χ2v) is 8.89. The normalized spacial score (nSPS) is 14.5. The molecule has 3 aromatic rings. The summed E-state index contributed by atoms with van der Waals surface area (Å²) in [5, 5.41) is 11.8. The molecule has 0 spiro atoms. The van der Waals surface area contributed by atoms with Crippen LogP contribution >= 0.6 is 0 Å². The van der Waals surface area contributed by atoms with Crippen LogP contribution in [0, 0.1) is 6.92 Å². The van der Waals surface area contributed by atoms with Crippen LogP contribution in [0.1, 0.15) is 46.9 Å². The maximum Gasteiger partial charge on any atom is 0.388 e. The number of amides is 1. The van der Waals surface area contributed by atoms with Crippen LogP contribution in [0.15, 0.2) is 48.8 Å². The minimum Gasteiger partial charge on any atom is -0.478 e. The predicted molar refractivity (Wildman–Crippen MR) is 128 cm³/mol. The Morgan fingerprint density at radius 1 is 1.11 bits per heavy atom. The van der Waals surface area contributed by atoms with Gasteiger partial charge in [0.2, 0.25) is 17.7 Å². The summed E-state index contributed by atoms with van der Waals surface area (Å²) in [4.78, 5) is 38.9. The third-order valence-corrected chi connectivity index (χ3v) is 6.07. The summed E-state index contributed by atoms with van der Waals surface area (Å²) in [7, 11) is 0. The first-order chi connectivity index (χ1) is 17.1. The van der Waals surface area contributed by atoms with Gasteiger partial charge in [0.05, 0.1) is 5.56 Å². The van der Waals surface area contributed by atoms with Gasteiger partial charge in [-0.1, -0.05) is 38.1 Å². The molecule has 0 aliphatic carbocycles. The molecular formula is C25H25F2N5O4. The number of hydrogen-bond donors (Lipinski definition) is 2. The largest absolute Gasteiger partial charge is 0.478 e. The van der Waals surface area contributed by atoms with Gasteiger partial charge in [-0.05, 0) is 36.1 Å². The minimum atomic E-state index is -3.10. The molecule has 0 radical (unpaired) electrons. The van der Waals surface area contributed by atoms with Crippen LogP contribution in [0.5, 0.6) is 5.88 Å². The average Bonchev–Trinajstić information content (AvgIpc) is 2.80. The summed E-state index contributed by atoms with van der Waals surface area (Å²) in [5.74, 6) is -1.53. The molecule has 0 saturated carbocycles. The van der Waals surface area contributed by atoms with E-state index in [1.807, 2.05) is 38.1 Å². The second kappa shape index (κ2) is 9.84. The van der Waals surface area contributed by atoms with Gasteiger partial charge in [-0.25, -0.2) is 19.7 Å². The maximum absolute atomic E-state index is 13.8. The number of aryl methyl sites for hydroxylation is 1. The molecule has 4 rings (SSSR count). The first-order valence-electron chi connectivity index (χ1n) is 11.2. The van der Waals surface area contributed by atoms with Gasteiger partial charge in [0.15, 0.2) is 0 Å². The van der Waals surface area contributed by atoms with Crippen LogP contribution in [0.3, 0.4) is 0 Å². The fourth-order valence-corrected chi connectivity index (χ4v) is 4.26. The van der Waals surface area contributed by atoms with Gasteiger partial charge in [0.1, 0.15) is 11.1 Å². The van der Waals surface area contributed by atoms with Crippen molar-refractivity contribution in [3.63, 3.8) is 0 Å². The lowest BCUT2D eigenvalue weighted by atomic mass is 9.69. The number of benzene rings is 1. The minimum absolute atomic E-state index is 0.0350. The number of carbonyl (C=O) groups excluding carboxylic acids is 1. The zero-order valence-electron chi connectivity index (χ0n) is 19.9. The number of nitrogens with zero attached hydrogens (tertiary/aromatic N) is 4. The number of hydrogen-bond acceptors (Lipinski definition) is 7. The van der Waals surface area contributed by atoms with Gasteiger partial charge < -0.3 is 20.1 Å². The third-order valence-electron chi connectivity index (χ3n) is 6.07. The molecular weight excluding hydrogens is 472 g/mol. The molecule has 1 aromatic carbocycles. The highest BCUT2D eigenvalue weighted by atomic mass is 19.3. The highest BCUT2D eigenvalue weighted by molar-refractivity contribution is 6.02. The average molecular weight is 498 g/mol. The van der Waals surface area contributed by atoms with E-state index < -0.39 is 23.9 Å². The van der Waals surface area contributed by atoms with Crippen LogP contribution < -0.4 is 15.0 Å². The molecule has 1 fully saturated rings. The number of rotatable bonds is 8. The number of carbonyl (C=O) groups is 2. The number of aromatic carboxylic acids is 1. The SMILES string of the molecule is Cc1ccc(NC(=O)C2(c3ccccc3C(C)C)CN(c3ncc(C(=O)O)cn3)C2)c(OC(F)F)n1. The molecule has 2 N–H and O–H groups in total. The van der Waals surface area contributed by atoms with E-state index in [9.17, 15) is 18.4 Å². The van der Waals surface area contributed by atoms with Crippen molar-refractivity contribution >= 4 is 23.5 Å². The van der Waals surface area contributed by atoms with Crippen molar-refractivity contribution in [3.05, 3.63) is 71.2 Å². The topological polar surface area (TPSA) is 118 Å². The van der Waals surface area contributed by atoms with Crippen LogP contribution in [0.25, 0.3) is 0 Å². The molecule has 11 heteroatoms. The number of halogens is 2. The van der Waals surface area contributed by atoms with Crippen molar-refractivity contribution in [2.24, 2.45) is 0 Å². The Hall–Kier alpha value is -4.15. The monoisotopic (exact) mass is 497 g/mol. The highest BCUT2D eigenvalue weighted by Crippen LogP contribution is 2.41. The van der Waals surface area contributed by atoms with Crippen LogP contribution in [-0.2, 0) is 10.2 Å². The van der Waals surface area contributed by atoms with E-state index in [1.54, 1.807) is 17.9 Å². The molecule has 1 amide bonds. The molecule has 36 heavy (non-hydrogen) atoms. The van der Waals surface area contributed by atoms with Gasteiger partial charge in [-0.15, -0.1) is 0 Å². The Bertz CT molecular complexity index is 1280. The lowest BCUT2D eigenvalue weighted by Crippen LogP contribution is -2.66. The van der Waals surface area contributed by atoms with E-state index >= 15 is 0 Å². The zero-order valence-corrected chi connectivity index (χ0v) is 19.9. The number of anilines is 2. The second-order valence-electron chi connectivity index (χ2n) is 8.89. The molecule has 188 valence electrons. The smallest absolute Gasteiger partial charge is 0.388 e. The van der Waals surface area contributed by atoms with Crippen molar-refractivity contribution in [1.29, 1.82) is 0 Å². The van der Waals surface area contributed by atoms with Crippen molar-refractivity contribution in [2.75, 3.05) is 23.3 Å². The number of ether oxygens (including phenoxy) is 1. The van der Waals surface area contributed by atoms with E-state index in [1.165, 1.54) is 18.5 Å². The molecule has 0 bridgehead atoms. The summed E-state index contributed by atoms with van der Waals surface area (Å²) < 4.78 is 30.5. The lowest BCUT2D eigenvalue weighted by molar-refractivity contribution is -0.122. The number of carboxylic acids is 1. The maximum atomic E-state index is 13.8. The molecule has 0 unspecified atom stereocenters. The summed E-state index contributed by atoms with van der Waals surface area (Å²) in [6, 6.07) is 10.6. The van der Waals surface area contributed by atoms with Gasteiger partial charge in [-0.2, -0.15) is 8.78 Å². The first kappa shape index (κ1) is 25.0. The molecule has 0 atom stereocenters. The standard InChI is InChI=1S/C25H25F2N5O4/c1-14(2)17-6-4-5-7-18(17)25(12-32(13-25)24-28-10-16(11-29-24)21(33)34)22(35)31-19-9-8-15(3)30-20(19)36-23(26)27/h4-11,14,23H,12-13H2,1-3H3,(H,31,35)(H,33,34). The van der Waals surface area contributed by atoms with E-state index in [2.05, 4.69) is 25.0 Å². The third kappa shape index (κ3) is 4.81. The van der Waals surface area contributed by atoms with E-state index in [-0.39, 0.29) is 42.1 Å². The quantitative estimate of drug-likeness (QED) is 0.480. The number of carboxylic acid groups (broad SMARTS) is 1. The number of pyridine rings is 1. The van der Waals surface area contributed by atoms with Gasteiger partial charge >= 0.3 is 12.6 Å². The Labute approximate surface area is 206 Å². The predicted octanol–water partition coefficient (Wildman–Crippen LogP) is 4.00. The van der Waals surface area contributed by atoms with Gasteiger partial charge in [-0.3, -0.25) is 4.79 Å². The number of alkyl halides is 2. The Morgan fingerprint density at radius 3 is 2.39 bits per heavy atom. The highest BCUT2D eigenvalue weighted by Gasteiger charge is 2.52. The van der Waals surface area contributed by atoms with Crippen molar-refractivity contribution < 1.29 is 28.2 Å². The first-order valence-corrected chi connectivity index (χ1v) is 11.2. The summed E-state index contributed by atoms with van der Waals surface area (Å²) in [6.45, 7) is 2.96. The number of aromatic nitrogens is 3. The van der Waals surface area contributed by atoms with Crippen LogP contribution in [0.2, 0.25) is 0 Å². The van der Waals surface area contributed by atoms with Crippen molar-refractivity contribution in [3.8, 4) is 5.88 Å². The Balaban J connectivity index is 1.69. The van der Waals surface area contributed by atoms with E-state index in [0.717, 1.165) is 11.1 Å². The summed E-state index contributed by atoms with van der Waals surface area (Å²) in [5.41, 5.74) is 1.16. The molecule has 2 aromatic heterocycles. The number of nitrogens with one attached hydrogen (secondary N) is 1. The van der Waals surface area contributed by atoms with Crippen molar-refractivity contribution in [2.45, 2.75) is 38.7 Å². The molecule has 1 aliphatic heterocycles. The molecule has 1 aliphatic rings. The van der Waals surface area contributed by atoms with Gasteiger partial charge in [0.25, 0.3) is 0 Å². The summed E-state index contributed by atoms with van der Waals surface area (Å²) in [6.07, 6.45) is 2.41. The van der Waals surface area contributed by atoms with Crippen molar-refractivity contribution in [1.82, 2.24) is 15.0 Å². The molecule has 1 saturated heterocycles. The lowest BCUT2D eigenvalue weighted by Gasteiger charge is -2.50. The van der Waals surface area contributed by atoms with Gasteiger partial charge in [0, 0.05) is 31.2 Å². The summed E-state index contributed by atoms with van der Waals surface area (Å²) >= 11 is 0. The van der Waals surface area contributed by atoms with E-state index in [0.29, 0.717) is 5.69 Å². The fraction of sp³-hybridized carbons (Fsp3) is 0.320. The van der Waals surface area contributed by atoms with E-state index in [4.69, 9.17) is 5.11 Å². The Kier molecular flexibility index (Phi) is 6.82. The molecule has 3 heterocycles. The van der Waals surface area contributed by atoms with Crippen LogP contribution in [0.4, 0.5) is 20.4 Å². The Morgan fingerprint density at radius 2 is 1.78 bits per heavy atom. The zero-order chi connectivity index (χ0) is 26.0. The molecule has 9 nitrogen and oxygen atoms in total.